The highest BCUT2D eigenvalue weighted by Gasteiger charge is 2.23. The van der Waals surface area contributed by atoms with Crippen LogP contribution in [0.3, 0.4) is 0 Å². The number of carbonyl (C=O) groups is 1. The van der Waals surface area contributed by atoms with Crippen LogP contribution in [-0.2, 0) is 4.79 Å². The Bertz CT molecular complexity index is 1860. The minimum absolute atomic E-state index is 0.149. The van der Waals surface area contributed by atoms with Crippen LogP contribution in [0.25, 0.3) is 21.7 Å². The van der Waals surface area contributed by atoms with Gasteiger partial charge >= 0.3 is 0 Å². The van der Waals surface area contributed by atoms with Crippen molar-refractivity contribution in [3.8, 4) is 5.75 Å². The van der Waals surface area contributed by atoms with Crippen molar-refractivity contribution >= 4 is 67.0 Å². The minimum atomic E-state index is -0.312. The average molecular weight is 644 g/mol. The Labute approximate surface area is 256 Å². The number of amides is 1. The molecule has 1 fully saturated rings. The highest BCUT2D eigenvalue weighted by Crippen LogP contribution is 2.32. The number of hydrogen-bond donors (Lipinski definition) is 1. The normalized spacial score (nSPS) is 14.0. The van der Waals surface area contributed by atoms with E-state index in [1.807, 2.05) is 48.5 Å². The maximum absolute atomic E-state index is 13.8. The molecule has 7 nitrogen and oxygen atoms in total. The first-order chi connectivity index (χ1) is 20.5. The first-order valence-electron chi connectivity index (χ1n) is 13.9. The first-order valence-corrected chi connectivity index (χ1v) is 15.1. The number of nitrogens with zero attached hydrogens (tertiary/aromatic N) is 3. The van der Waals surface area contributed by atoms with Crippen molar-refractivity contribution in [3.63, 3.8) is 0 Å². The summed E-state index contributed by atoms with van der Waals surface area (Å²) in [6, 6.07) is 24.0. The Kier molecular flexibility index (Phi) is 8.35. The van der Waals surface area contributed by atoms with Gasteiger partial charge in [-0.25, -0.2) is 4.98 Å². The summed E-state index contributed by atoms with van der Waals surface area (Å²) < 4.78 is 8.27. The molecule has 0 aliphatic heterocycles. The molecule has 1 saturated carbocycles. The molecule has 1 amide bonds. The number of halogens is 2. The lowest BCUT2D eigenvalue weighted by atomic mass is 9.88. The molecule has 6 rings (SSSR count). The summed E-state index contributed by atoms with van der Waals surface area (Å²) in [6.07, 6.45) is 6.97. The number of anilines is 1. The zero-order valence-corrected chi connectivity index (χ0v) is 25.1. The van der Waals surface area contributed by atoms with Gasteiger partial charge in [-0.1, -0.05) is 77.1 Å². The van der Waals surface area contributed by atoms with Crippen molar-refractivity contribution in [2.24, 2.45) is 5.10 Å². The largest absolute Gasteiger partial charge is 0.483 e. The number of benzene rings is 4. The Morgan fingerprint density at radius 1 is 1.02 bits per heavy atom. The topological polar surface area (TPSA) is 85.6 Å². The van der Waals surface area contributed by atoms with E-state index in [0.29, 0.717) is 38.8 Å². The smallest absolute Gasteiger partial charge is 0.282 e. The highest BCUT2D eigenvalue weighted by molar-refractivity contribution is 9.10. The van der Waals surface area contributed by atoms with Crippen LogP contribution in [0.1, 0.15) is 49.4 Å². The van der Waals surface area contributed by atoms with Gasteiger partial charge < -0.3 is 10.1 Å². The standard InChI is InChI=1S/C33H28BrClN4O3/c34-23-11-16-29-27(18-23)33(41)39(32(38-29)22-7-2-1-3-8-22)36-19-28-26-9-5-4-6-21(26)10-17-30(28)42-20-31(40)37-25-14-12-24(35)13-15-25/h4-6,9-19,22H,1-3,7-8,20H2,(H,37,40). The predicted molar refractivity (Wildman–Crippen MR) is 172 cm³/mol. The molecule has 0 spiro atoms. The number of carbonyl (C=O) groups excluding carboxylic acids is 1. The van der Waals surface area contributed by atoms with E-state index < -0.39 is 0 Å². The second-order valence-electron chi connectivity index (χ2n) is 10.4. The van der Waals surface area contributed by atoms with Gasteiger partial charge in [0.2, 0.25) is 0 Å². The number of rotatable bonds is 7. The molecular formula is C33H28BrClN4O3. The van der Waals surface area contributed by atoms with E-state index in [0.717, 1.165) is 40.9 Å². The number of ether oxygens (including phenoxy) is 1. The molecule has 0 radical (unpaired) electrons. The van der Waals surface area contributed by atoms with Crippen molar-refractivity contribution in [2.45, 2.75) is 38.0 Å². The van der Waals surface area contributed by atoms with Crippen molar-refractivity contribution < 1.29 is 9.53 Å². The van der Waals surface area contributed by atoms with Crippen molar-refractivity contribution in [1.82, 2.24) is 9.66 Å². The van der Waals surface area contributed by atoms with Crippen LogP contribution in [0, 0.1) is 0 Å². The maximum Gasteiger partial charge on any atom is 0.282 e. The van der Waals surface area contributed by atoms with E-state index in [1.165, 1.54) is 11.1 Å². The third kappa shape index (κ3) is 6.10. The summed E-state index contributed by atoms with van der Waals surface area (Å²) in [6.45, 7) is -0.208. The van der Waals surface area contributed by atoms with Gasteiger partial charge in [0.05, 0.1) is 17.1 Å². The third-order valence-corrected chi connectivity index (χ3v) is 8.27. The summed E-state index contributed by atoms with van der Waals surface area (Å²) in [7, 11) is 0. The Balaban J connectivity index is 1.38. The fraction of sp³-hybridized carbons (Fsp3) is 0.212. The zero-order chi connectivity index (χ0) is 29.1. The van der Waals surface area contributed by atoms with Gasteiger partial charge in [0.25, 0.3) is 11.5 Å². The molecule has 5 aromatic rings. The number of nitrogens with one attached hydrogen (secondary N) is 1. The highest BCUT2D eigenvalue weighted by atomic mass is 79.9. The molecule has 0 unspecified atom stereocenters. The fourth-order valence-corrected chi connectivity index (χ4v) is 5.91. The third-order valence-electron chi connectivity index (χ3n) is 7.52. The Morgan fingerprint density at radius 2 is 1.81 bits per heavy atom. The molecule has 1 heterocycles. The van der Waals surface area contributed by atoms with Gasteiger partial charge in [0.1, 0.15) is 11.6 Å². The van der Waals surface area contributed by atoms with Crippen LogP contribution in [0.15, 0.2) is 93.2 Å². The van der Waals surface area contributed by atoms with E-state index in [4.69, 9.17) is 26.4 Å². The van der Waals surface area contributed by atoms with Gasteiger partial charge in [-0.05, 0) is 72.1 Å². The zero-order valence-electron chi connectivity index (χ0n) is 22.7. The quantitative estimate of drug-likeness (QED) is 0.183. The van der Waals surface area contributed by atoms with E-state index in [9.17, 15) is 9.59 Å². The Hall–Kier alpha value is -4.01. The summed E-state index contributed by atoms with van der Waals surface area (Å²) in [5.74, 6) is 0.994. The molecular weight excluding hydrogens is 616 g/mol. The fourth-order valence-electron chi connectivity index (χ4n) is 5.43. The van der Waals surface area contributed by atoms with Crippen molar-refractivity contribution in [2.75, 3.05) is 11.9 Å². The lowest BCUT2D eigenvalue weighted by molar-refractivity contribution is -0.118. The molecule has 42 heavy (non-hydrogen) atoms. The van der Waals surface area contributed by atoms with Crippen LogP contribution in [0.5, 0.6) is 5.75 Å². The van der Waals surface area contributed by atoms with Crippen molar-refractivity contribution in [3.05, 3.63) is 110 Å². The molecule has 1 aliphatic rings. The summed E-state index contributed by atoms with van der Waals surface area (Å²) in [4.78, 5) is 31.4. The van der Waals surface area contributed by atoms with Gasteiger partial charge in [0, 0.05) is 26.7 Å². The van der Waals surface area contributed by atoms with Crippen molar-refractivity contribution in [1.29, 1.82) is 0 Å². The number of aromatic nitrogens is 2. The molecule has 9 heteroatoms. The van der Waals surface area contributed by atoms with E-state index in [2.05, 4.69) is 21.2 Å². The monoisotopic (exact) mass is 642 g/mol. The lowest BCUT2D eigenvalue weighted by Crippen LogP contribution is -2.25. The summed E-state index contributed by atoms with van der Waals surface area (Å²) >= 11 is 9.43. The van der Waals surface area contributed by atoms with Crippen LogP contribution in [-0.4, -0.2) is 28.4 Å². The average Bonchev–Trinajstić information content (AvgIpc) is 3.01. The Morgan fingerprint density at radius 3 is 2.62 bits per heavy atom. The van der Waals surface area contributed by atoms with Gasteiger partial charge in [-0.3, -0.25) is 9.59 Å². The molecule has 1 aliphatic carbocycles. The van der Waals surface area contributed by atoms with E-state index in [1.54, 1.807) is 36.5 Å². The molecule has 4 aromatic carbocycles. The maximum atomic E-state index is 13.8. The van der Waals surface area contributed by atoms with Crippen LogP contribution < -0.4 is 15.6 Å². The molecule has 0 saturated heterocycles. The SMILES string of the molecule is O=C(COc1ccc2ccccc2c1C=Nn1c(C2CCCCC2)nc2ccc(Br)cc2c1=O)Nc1ccc(Cl)cc1. The van der Waals surface area contributed by atoms with Gasteiger partial charge in [-0.15, -0.1) is 0 Å². The second kappa shape index (κ2) is 12.5. The van der Waals surface area contributed by atoms with Crippen LogP contribution >= 0.6 is 27.5 Å². The first kappa shape index (κ1) is 28.1. The molecule has 212 valence electrons. The number of hydrogen-bond acceptors (Lipinski definition) is 5. The second-order valence-corrected chi connectivity index (χ2v) is 11.7. The van der Waals surface area contributed by atoms with Gasteiger partial charge in [0.15, 0.2) is 6.61 Å². The molecule has 1 N–H and O–H groups in total. The summed E-state index contributed by atoms with van der Waals surface area (Å²) in [5.41, 5.74) is 1.74. The van der Waals surface area contributed by atoms with Crippen LogP contribution in [0.4, 0.5) is 5.69 Å². The predicted octanol–water partition coefficient (Wildman–Crippen LogP) is 7.91. The molecule has 1 aromatic heterocycles. The molecule has 0 atom stereocenters. The lowest BCUT2D eigenvalue weighted by Gasteiger charge is -2.23. The van der Waals surface area contributed by atoms with Gasteiger partial charge in [-0.2, -0.15) is 9.78 Å². The molecule has 0 bridgehead atoms. The minimum Gasteiger partial charge on any atom is -0.483 e. The summed E-state index contributed by atoms with van der Waals surface area (Å²) in [5, 5.41) is 10.5. The number of fused-ring (bicyclic) bond motifs is 2. The van der Waals surface area contributed by atoms with Crippen LogP contribution in [0.2, 0.25) is 5.02 Å². The van der Waals surface area contributed by atoms with E-state index >= 15 is 0 Å². The van der Waals surface area contributed by atoms with E-state index in [-0.39, 0.29) is 24.0 Å².